The molecular formula is C19H24N2. The molecule has 1 aromatic heterocycles. The maximum Gasteiger partial charge on any atom is 0.0401 e. The molecule has 2 aromatic rings. The van der Waals surface area contributed by atoms with E-state index < -0.39 is 0 Å². The Morgan fingerprint density at radius 2 is 1.62 bits per heavy atom. The van der Waals surface area contributed by atoms with E-state index in [1.165, 1.54) is 49.0 Å². The third kappa shape index (κ3) is 3.70. The standard InChI is InChI=1S/C19H24N2/c1-2-19-11-10-18(14-20-19)17-8-6-16(7-9-17)15-21-12-4-3-5-13-21/h6-11,14H,2-5,12-13,15H2,1H3. The number of hydrogen-bond donors (Lipinski definition) is 0. The summed E-state index contributed by atoms with van der Waals surface area (Å²) in [4.78, 5) is 7.05. The van der Waals surface area contributed by atoms with Gasteiger partial charge in [0.15, 0.2) is 0 Å². The van der Waals surface area contributed by atoms with E-state index in [-0.39, 0.29) is 0 Å². The summed E-state index contributed by atoms with van der Waals surface area (Å²) >= 11 is 0. The number of benzene rings is 1. The maximum absolute atomic E-state index is 4.48. The number of hydrogen-bond acceptors (Lipinski definition) is 2. The molecule has 0 amide bonds. The SMILES string of the molecule is CCc1ccc(-c2ccc(CN3CCCCC3)cc2)cn1. The third-order valence-corrected chi connectivity index (χ3v) is 4.33. The van der Waals surface area contributed by atoms with Crippen LogP contribution in [-0.2, 0) is 13.0 Å². The van der Waals surface area contributed by atoms with Crippen LogP contribution in [-0.4, -0.2) is 23.0 Å². The first-order chi connectivity index (χ1) is 10.3. The monoisotopic (exact) mass is 280 g/mol. The first kappa shape index (κ1) is 14.3. The average molecular weight is 280 g/mol. The van der Waals surface area contributed by atoms with Crippen LogP contribution in [0.2, 0.25) is 0 Å². The number of piperidine rings is 1. The number of aromatic nitrogens is 1. The van der Waals surface area contributed by atoms with Crippen molar-refractivity contribution in [2.45, 2.75) is 39.2 Å². The van der Waals surface area contributed by atoms with Crippen molar-refractivity contribution in [2.24, 2.45) is 0 Å². The molecule has 1 aromatic carbocycles. The van der Waals surface area contributed by atoms with Gasteiger partial charge in [-0.25, -0.2) is 0 Å². The van der Waals surface area contributed by atoms with E-state index in [9.17, 15) is 0 Å². The summed E-state index contributed by atoms with van der Waals surface area (Å²) in [6.07, 6.45) is 7.09. The molecule has 2 nitrogen and oxygen atoms in total. The smallest absolute Gasteiger partial charge is 0.0401 e. The molecule has 110 valence electrons. The molecule has 3 rings (SSSR count). The Balaban J connectivity index is 1.67. The van der Waals surface area contributed by atoms with Gasteiger partial charge < -0.3 is 0 Å². The molecule has 1 aliphatic heterocycles. The van der Waals surface area contributed by atoms with E-state index in [0.717, 1.165) is 18.7 Å². The zero-order chi connectivity index (χ0) is 14.5. The Hall–Kier alpha value is -1.67. The highest BCUT2D eigenvalue weighted by atomic mass is 15.1. The molecule has 1 saturated heterocycles. The van der Waals surface area contributed by atoms with E-state index in [4.69, 9.17) is 0 Å². The van der Waals surface area contributed by atoms with Gasteiger partial charge in [-0.2, -0.15) is 0 Å². The largest absolute Gasteiger partial charge is 0.299 e. The van der Waals surface area contributed by atoms with Crippen molar-refractivity contribution >= 4 is 0 Å². The van der Waals surface area contributed by atoms with E-state index in [1.54, 1.807) is 0 Å². The summed E-state index contributed by atoms with van der Waals surface area (Å²) in [5, 5.41) is 0. The Labute approximate surface area is 127 Å². The Kier molecular flexibility index (Phi) is 4.66. The fourth-order valence-corrected chi connectivity index (χ4v) is 2.98. The Morgan fingerprint density at radius 1 is 0.905 bits per heavy atom. The van der Waals surface area contributed by atoms with Crippen molar-refractivity contribution in [3.63, 3.8) is 0 Å². The van der Waals surface area contributed by atoms with Gasteiger partial charge in [0.25, 0.3) is 0 Å². The molecule has 0 N–H and O–H groups in total. The third-order valence-electron chi connectivity index (χ3n) is 4.33. The molecule has 0 atom stereocenters. The molecule has 0 saturated carbocycles. The fourth-order valence-electron chi connectivity index (χ4n) is 2.98. The number of aryl methyl sites for hydroxylation is 1. The first-order valence-corrected chi connectivity index (χ1v) is 8.12. The van der Waals surface area contributed by atoms with Crippen molar-refractivity contribution in [1.82, 2.24) is 9.88 Å². The average Bonchev–Trinajstić information content (AvgIpc) is 2.57. The van der Waals surface area contributed by atoms with E-state index in [0.29, 0.717) is 0 Å². The molecule has 0 spiro atoms. The van der Waals surface area contributed by atoms with Gasteiger partial charge in [-0.05, 0) is 49.5 Å². The molecule has 0 aliphatic carbocycles. The van der Waals surface area contributed by atoms with Crippen LogP contribution in [0.1, 0.15) is 37.4 Å². The van der Waals surface area contributed by atoms with Gasteiger partial charge in [0.2, 0.25) is 0 Å². The quantitative estimate of drug-likeness (QED) is 0.830. The minimum absolute atomic E-state index is 0.995. The van der Waals surface area contributed by atoms with E-state index in [2.05, 4.69) is 53.2 Å². The van der Waals surface area contributed by atoms with Crippen LogP contribution in [0, 0.1) is 0 Å². The lowest BCUT2D eigenvalue weighted by atomic mass is 10.0. The van der Waals surface area contributed by atoms with Crippen LogP contribution in [0.5, 0.6) is 0 Å². The van der Waals surface area contributed by atoms with Gasteiger partial charge in [0, 0.05) is 24.0 Å². The summed E-state index contributed by atoms with van der Waals surface area (Å²) in [7, 11) is 0. The van der Waals surface area contributed by atoms with Crippen molar-refractivity contribution in [1.29, 1.82) is 0 Å². The van der Waals surface area contributed by atoms with E-state index in [1.807, 2.05) is 6.20 Å². The fraction of sp³-hybridized carbons (Fsp3) is 0.421. The molecule has 1 fully saturated rings. The summed E-state index contributed by atoms with van der Waals surface area (Å²) in [6, 6.07) is 13.3. The predicted molar refractivity (Wildman–Crippen MR) is 88.2 cm³/mol. The van der Waals surface area contributed by atoms with E-state index >= 15 is 0 Å². The Morgan fingerprint density at radius 3 is 2.24 bits per heavy atom. The molecule has 0 bridgehead atoms. The molecule has 21 heavy (non-hydrogen) atoms. The minimum Gasteiger partial charge on any atom is -0.299 e. The maximum atomic E-state index is 4.48. The molecule has 0 radical (unpaired) electrons. The number of pyridine rings is 1. The number of rotatable bonds is 4. The van der Waals surface area contributed by atoms with Crippen LogP contribution < -0.4 is 0 Å². The molecule has 2 heteroatoms. The second-order valence-corrected chi connectivity index (χ2v) is 5.93. The highest BCUT2D eigenvalue weighted by molar-refractivity contribution is 5.62. The van der Waals surface area contributed by atoms with Crippen LogP contribution in [0.25, 0.3) is 11.1 Å². The summed E-state index contributed by atoms with van der Waals surface area (Å²) in [6.45, 7) is 5.74. The van der Waals surface area contributed by atoms with Crippen LogP contribution in [0.4, 0.5) is 0 Å². The first-order valence-electron chi connectivity index (χ1n) is 8.12. The van der Waals surface area contributed by atoms with Crippen molar-refractivity contribution in [3.05, 3.63) is 53.9 Å². The normalized spacial score (nSPS) is 16.0. The van der Waals surface area contributed by atoms with Gasteiger partial charge in [-0.1, -0.05) is 43.7 Å². The molecule has 0 unspecified atom stereocenters. The highest BCUT2D eigenvalue weighted by Crippen LogP contribution is 2.20. The predicted octanol–water partition coefficient (Wildman–Crippen LogP) is 4.30. The van der Waals surface area contributed by atoms with Gasteiger partial charge in [0.05, 0.1) is 0 Å². The lowest BCUT2D eigenvalue weighted by Gasteiger charge is -2.26. The number of nitrogens with zero attached hydrogens (tertiary/aromatic N) is 2. The molecular weight excluding hydrogens is 256 g/mol. The summed E-state index contributed by atoms with van der Waals surface area (Å²) < 4.78 is 0. The summed E-state index contributed by atoms with van der Waals surface area (Å²) in [5.74, 6) is 0. The van der Waals surface area contributed by atoms with Gasteiger partial charge in [0.1, 0.15) is 0 Å². The highest BCUT2D eigenvalue weighted by Gasteiger charge is 2.10. The zero-order valence-electron chi connectivity index (χ0n) is 12.9. The summed E-state index contributed by atoms with van der Waals surface area (Å²) in [5.41, 5.74) is 5.03. The van der Waals surface area contributed by atoms with Crippen molar-refractivity contribution in [3.8, 4) is 11.1 Å². The van der Waals surface area contributed by atoms with Crippen LogP contribution in [0.15, 0.2) is 42.6 Å². The second-order valence-electron chi connectivity index (χ2n) is 5.93. The zero-order valence-corrected chi connectivity index (χ0v) is 12.9. The van der Waals surface area contributed by atoms with Crippen molar-refractivity contribution < 1.29 is 0 Å². The van der Waals surface area contributed by atoms with Crippen molar-refractivity contribution in [2.75, 3.05) is 13.1 Å². The van der Waals surface area contributed by atoms with Crippen LogP contribution >= 0.6 is 0 Å². The van der Waals surface area contributed by atoms with Crippen LogP contribution in [0.3, 0.4) is 0 Å². The van der Waals surface area contributed by atoms with Gasteiger partial charge in [-0.15, -0.1) is 0 Å². The number of likely N-dealkylation sites (tertiary alicyclic amines) is 1. The lowest BCUT2D eigenvalue weighted by molar-refractivity contribution is 0.221. The van der Waals surface area contributed by atoms with Gasteiger partial charge >= 0.3 is 0 Å². The topological polar surface area (TPSA) is 16.1 Å². The Bertz CT molecular complexity index is 551. The minimum atomic E-state index is 0.995. The van der Waals surface area contributed by atoms with Gasteiger partial charge in [-0.3, -0.25) is 9.88 Å². The second kappa shape index (κ2) is 6.86. The lowest BCUT2D eigenvalue weighted by Crippen LogP contribution is -2.28. The molecule has 1 aliphatic rings. The molecule has 2 heterocycles.